The summed E-state index contributed by atoms with van der Waals surface area (Å²) in [5, 5.41) is 13.0. The first-order chi connectivity index (χ1) is 15.3. The standard InChI is InChI=1S/C24H32N2O6/c1-24(2)30-14-18(32-24)12-22-21(26-23(27)28)10-9-16(31-22)8-7-15-5-4-6-20-19(15)11-17(29-3)13-25-20/h4-6,11,13,16,18,21-22,26H,7-10,12,14H2,1-3H3,(H,27,28)/t16-,18?,21-,22-/m1/s1. The van der Waals surface area contributed by atoms with Crippen molar-refractivity contribution in [3.05, 3.63) is 36.0 Å². The minimum Gasteiger partial charge on any atom is -0.495 e. The summed E-state index contributed by atoms with van der Waals surface area (Å²) in [5.41, 5.74) is 2.14. The first-order valence-corrected chi connectivity index (χ1v) is 11.2. The smallest absolute Gasteiger partial charge is 0.404 e. The minimum atomic E-state index is -1.02. The maximum atomic E-state index is 11.3. The fraction of sp³-hybridized carbons (Fsp3) is 0.583. The number of fused-ring (bicyclic) bond motifs is 1. The third kappa shape index (κ3) is 5.49. The van der Waals surface area contributed by atoms with Crippen LogP contribution in [0.2, 0.25) is 0 Å². The molecule has 32 heavy (non-hydrogen) atoms. The number of rotatable bonds is 7. The molecule has 2 aromatic rings. The van der Waals surface area contributed by atoms with Gasteiger partial charge in [0.05, 0.1) is 49.8 Å². The average Bonchev–Trinajstić information content (AvgIpc) is 3.11. The topological polar surface area (TPSA) is 99.1 Å². The molecule has 1 amide bonds. The van der Waals surface area contributed by atoms with Gasteiger partial charge in [-0.05, 0) is 57.2 Å². The summed E-state index contributed by atoms with van der Waals surface area (Å²) in [7, 11) is 1.64. The Hall–Kier alpha value is -2.42. The fourth-order valence-corrected chi connectivity index (χ4v) is 4.69. The van der Waals surface area contributed by atoms with Crippen LogP contribution in [0.1, 0.15) is 45.1 Å². The Morgan fingerprint density at radius 3 is 2.88 bits per heavy atom. The largest absolute Gasteiger partial charge is 0.495 e. The van der Waals surface area contributed by atoms with Crippen LogP contribution in [0.3, 0.4) is 0 Å². The Morgan fingerprint density at radius 2 is 2.16 bits per heavy atom. The second-order valence-electron chi connectivity index (χ2n) is 9.01. The molecular formula is C24H32N2O6. The minimum absolute atomic E-state index is 0.0519. The number of ether oxygens (including phenoxy) is 4. The summed E-state index contributed by atoms with van der Waals surface area (Å²) in [6, 6.07) is 7.91. The second kappa shape index (κ2) is 9.60. The molecular weight excluding hydrogens is 412 g/mol. The molecule has 2 N–H and O–H groups in total. The number of nitrogens with zero attached hydrogens (tertiary/aromatic N) is 1. The quantitative estimate of drug-likeness (QED) is 0.668. The fourth-order valence-electron chi connectivity index (χ4n) is 4.69. The van der Waals surface area contributed by atoms with Gasteiger partial charge in [-0.15, -0.1) is 0 Å². The Bertz CT molecular complexity index is 949. The Labute approximate surface area is 188 Å². The van der Waals surface area contributed by atoms with Crippen molar-refractivity contribution in [2.45, 2.75) is 76.1 Å². The molecule has 2 aliphatic heterocycles. The Balaban J connectivity index is 1.42. The van der Waals surface area contributed by atoms with E-state index in [4.69, 9.17) is 18.9 Å². The summed E-state index contributed by atoms with van der Waals surface area (Å²) >= 11 is 0. The van der Waals surface area contributed by atoms with Gasteiger partial charge in [0.2, 0.25) is 0 Å². The normalized spacial score (nSPS) is 27.3. The first-order valence-electron chi connectivity index (χ1n) is 11.2. The van der Waals surface area contributed by atoms with Crippen LogP contribution in [0.4, 0.5) is 4.79 Å². The lowest BCUT2D eigenvalue weighted by Gasteiger charge is -2.37. The number of methoxy groups -OCH3 is 1. The lowest BCUT2D eigenvalue weighted by molar-refractivity contribution is -0.148. The van der Waals surface area contributed by atoms with Crippen molar-refractivity contribution < 1.29 is 28.8 Å². The summed E-state index contributed by atoms with van der Waals surface area (Å²) in [5.74, 6) is 0.126. The molecule has 0 spiro atoms. The van der Waals surface area contributed by atoms with Crippen molar-refractivity contribution in [3.8, 4) is 5.75 Å². The highest BCUT2D eigenvalue weighted by atomic mass is 16.7. The molecule has 2 saturated heterocycles. The van der Waals surface area contributed by atoms with Gasteiger partial charge >= 0.3 is 6.09 Å². The van der Waals surface area contributed by atoms with E-state index < -0.39 is 11.9 Å². The van der Waals surface area contributed by atoms with Gasteiger partial charge < -0.3 is 29.4 Å². The maximum absolute atomic E-state index is 11.3. The van der Waals surface area contributed by atoms with E-state index in [1.165, 1.54) is 5.56 Å². The number of nitrogens with one attached hydrogen (secondary N) is 1. The molecule has 2 aliphatic rings. The van der Waals surface area contributed by atoms with E-state index in [9.17, 15) is 9.90 Å². The van der Waals surface area contributed by atoms with Crippen LogP contribution in [0.25, 0.3) is 10.9 Å². The van der Waals surface area contributed by atoms with Gasteiger partial charge in [-0.1, -0.05) is 12.1 Å². The monoisotopic (exact) mass is 444 g/mol. The van der Waals surface area contributed by atoms with Crippen molar-refractivity contribution in [3.63, 3.8) is 0 Å². The van der Waals surface area contributed by atoms with Crippen molar-refractivity contribution in [1.82, 2.24) is 10.3 Å². The summed E-state index contributed by atoms with van der Waals surface area (Å²) in [6.45, 7) is 4.26. The van der Waals surface area contributed by atoms with Gasteiger partial charge in [0, 0.05) is 11.8 Å². The van der Waals surface area contributed by atoms with E-state index in [-0.39, 0.29) is 24.4 Å². The number of hydrogen-bond acceptors (Lipinski definition) is 6. The van der Waals surface area contributed by atoms with Gasteiger partial charge in [-0.3, -0.25) is 4.98 Å². The maximum Gasteiger partial charge on any atom is 0.404 e. The van der Waals surface area contributed by atoms with Crippen LogP contribution >= 0.6 is 0 Å². The Morgan fingerprint density at radius 1 is 1.31 bits per heavy atom. The third-order valence-corrected chi connectivity index (χ3v) is 6.25. The molecule has 2 fully saturated rings. The van der Waals surface area contributed by atoms with Crippen LogP contribution < -0.4 is 10.1 Å². The average molecular weight is 445 g/mol. The van der Waals surface area contributed by atoms with E-state index in [2.05, 4.69) is 16.4 Å². The molecule has 0 radical (unpaired) electrons. The van der Waals surface area contributed by atoms with Crippen LogP contribution in [-0.4, -0.2) is 60.0 Å². The SMILES string of the molecule is COc1cnc2cccc(CC[C@@H]3CC[C@@H](NC(=O)O)[C@@H](CC4COC(C)(C)O4)O3)c2c1. The van der Waals surface area contributed by atoms with E-state index in [0.29, 0.717) is 13.0 Å². The highest BCUT2D eigenvalue weighted by Gasteiger charge is 2.39. The highest BCUT2D eigenvalue weighted by Crippen LogP contribution is 2.31. The van der Waals surface area contributed by atoms with Crippen LogP contribution in [0, 0.1) is 0 Å². The van der Waals surface area contributed by atoms with E-state index in [1.807, 2.05) is 32.0 Å². The zero-order chi connectivity index (χ0) is 22.7. The van der Waals surface area contributed by atoms with Crippen molar-refractivity contribution in [1.29, 1.82) is 0 Å². The second-order valence-corrected chi connectivity index (χ2v) is 9.01. The number of hydrogen-bond donors (Lipinski definition) is 2. The van der Waals surface area contributed by atoms with E-state index in [0.717, 1.165) is 42.3 Å². The van der Waals surface area contributed by atoms with Crippen molar-refractivity contribution >= 4 is 17.0 Å². The molecule has 0 aliphatic carbocycles. The molecule has 174 valence electrons. The predicted molar refractivity (Wildman–Crippen MR) is 119 cm³/mol. The van der Waals surface area contributed by atoms with Crippen LogP contribution in [-0.2, 0) is 20.6 Å². The molecule has 4 rings (SSSR count). The third-order valence-electron chi connectivity index (χ3n) is 6.25. The van der Waals surface area contributed by atoms with Crippen molar-refractivity contribution in [2.24, 2.45) is 0 Å². The van der Waals surface area contributed by atoms with Crippen LogP contribution in [0.5, 0.6) is 5.75 Å². The molecule has 0 saturated carbocycles. The first kappa shape index (κ1) is 22.8. The van der Waals surface area contributed by atoms with E-state index >= 15 is 0 Å². The number of pyridine rings is 1. The molecule has 1 aromatic carbocycles. The molecule has 8 nitrogen and oxygen atoms in total. The number of aryl methyl sites for hydroxylation is 1. The lowest BCUT2D eigenvalue weighted by Crippen LogP contribution is -2.50. The van der Waals surface area contributed by atoms with E-state index in [1.54, 1.807) is 13.3 Å². The Kier molecular flexibility index (Phi) is 6.83. The summed E-state index contributed by atoms with van der Waals surface area (Å²) in [6.07, 6.45) is 4.23. The lowest BCUT2D eigenvalue weighted by atomic mass is 9.92. The number of carbonyl (C=O) groups is 1. The molecule has 8 heteroatoms. The molecule has 1 aromatic heterocycles. The number of amides is 1. The highest BCUT2D eigenvalue weighted by molar-refractivity contribution is 5.83. The molecule has 4 atom stereocenters. The number of carboxylic acid groups (broad SMARTS) is 1. The molecule has 1 unspecified atom stereocenters. The number of aromatic nitrogens is 1. The predicted octanol–water partition coefficient (Wildman–Crippen LogP) is 3.90. The van der Waals surface area contributed by atoms with Crippen molar-refractivity contribution in [2.75, 3.05) is 13.7 Å². The van der Waals surface area contributed by atoms with Crippen LogP contribution in [0.15, 0.2) is 30.5 Å². The summed E-state index contributed by atoms with van der Waals surface area (Å²) < 4.78 is 23.4. The zero-order valence-electron chi connectivity index (χ0n) is 18.9. The van der Waals surface area contributed by atoms with Gasteiger partial charge in [0.1, 0.15) is 5.75 Å². The van der Waals surface area contributed by atoms with Gasteiger partial charge in [0.25, 0.3) is 0 Å². The van der Waals surface area contributed by atoms with Gasteiger partial charge in [-0.25, -0.2) is 4.79 Å². The summed E-state index contributed by atoms with van der Waals surface area (Å²) in [4.78, 5) is 15.8. The van der Waals surface area contributed by atoms with Gasteiger partial charge in [0.15, 0.2) is 5.79 Å². The van der Waals surface area contributed by atoms with Gasteiger partial charge in [-0.2, -0.15) is 0 Å². The zero-order valence-corrected chi connectivity index (χ0v) is 18.9. The molecule has 3 heterocycles. The number of benzene rings is 1. The molecule has 0 bridgehead atoms.